The Bertz CT molecular complexity index is 766. The summed E-state index contributed by atoms with van der Waals surface area (Å²) in [5.41, 5.74) is 2.60. The van der Waals surface area contributed by atoms with Crippen LogP contribution in [0.4, 0.5) is 5.69 Å². The van der Waals surface area contributed by atoms with E-state index in [0.29, 0.717) is 31.0 Å². The Morgan fingerprint density at radius 2 is 2.08 bits per heavy atom. The molecule has 2 heterocycles. The highest BCUT2D eigenvalue weighted by Gasteiger charge is 2.37. The molecule has 1 aromatic heterocycles. The number of benzene rings is 1. The lowest BCUT2D eigenvalue weighted by Crippen LogP contribution is -2.37. The summed E-state index contributed by atoms with van der Waals surface area (Å²) in [4.78, 5) is 26.5. The number of nitrogens with one attached hydrogen (secondary N) is 1. The highest BCUT2D eigenvalue weighted by atomic mass is 35.5. The molecule has 1 aliphatic rings. The summed E-state index contributed by atoms with van der Waals surface area (Å²) in [5.74, 6) is -0.275. The van der Waals surface area contributed by atoms with E-state index in [4.69, 9.17) is 16.1 Å². The minimum Gasteiger partial charge on any atom is -0.361 e. The standard InChI is InChI=1S/C18H20ClN3O3/c1-11-15(12(2)25-21-11)7-9-20-17(23)16-8-10-22(18(16)24)14-5-3-13(19)4-6-14/h3-6,16H,7-10H2,1-2H3,(H,20,23)/t16-/m1/s1. The van der Waals surface area contributed by atoms with Gasteiger partial charge >= 0.3 is 0 Å². The second kappa shape index (κ2) is 7.27. The van der Waals surface area contributed by atoms with Crippen molar-refractivity contribution in [2.75, 3.05) is 18.0 Å². The maximum Gasteiger partial charge on any atom is 0.239 e. The number of halogens is 1. The first kappa shape index (κ1) is 17.5. The van der Waals surface area contributed by atoms with E-state index in [1.54, 1.807) is 29.2 Å². The maximum atomic E-state index is 12.5. The molecule has 6 nitrogen and oxygen atoms in total. The zero-order valence-electron chi connectivity index (χ0n) is 14.2. The molecule has 1 aliphatic heterocycles. The molecule has 0 saturated carbocycles. The zero-order chi connectivity index (χ0) is 18.0. The third-order valence-corrected chi connectivity index (χ3v) is 4.77. The van der Waals surface area contributed by atoms with Crippen LogP contribution in [0.3, 0.4) is 0 Å². The third kappa shape index (κ3) is 3.69. The summed E-state index contributed by atoms with van der Waals surface area (Å²) in [7, 11) is 0. The Morgan fingerprint density at radius 3 is 2.72 bits per heavy atom. The number of hydrogen-bond acceptors (Lipinski definition) is 4. The molecule has 1 saturated heterocycles. The van der Waals surface area contributed by atoms with Gasteiger partial charge in [-0.15, -0.1) is 0 Å². The van der Waals surface area contributed by atoms with Gasteiger partial charge in [-0.25, -0.2) is 0 Å². The second-order valence-corrected chi connectivity index (χ2v) is 6.59. The molecule has 2 aromatic rings. The van der Waals surface area contributed by atoms with Crippen LogP contribution in [0.2, 0.25) is 5.02 Å². The van der Waals surface area contributed by atoms with Gasteiger partial charge in [0.25, 0.3) is 0 Å². The normalized spacial score (nSPS) is 17.2. The number of carbonyl (C=O) groups excluding carboxylic acids is 2. The number of carbonyl (C=O) groups is 2. The molecule has 1 aromatic carbocycles. The van der Waals surface area contributed by atoms with Gasteiger partial charge in [0, 0.05) is 29.4 Å². The number of aryl methyl sites for hydroxylation is 2. The van der Waals surface area contributed by atoms with Crippen molar-refractivity contribution >= 4 is 29.1 Å². The first-order chi connectivity index (χ1) is 12.0. The lowest BCUT2D eigenvalue weighted by molar-refractivity contribution is -0.132. The van der Waals surface area contributed by atoms with Crippen LogP contribution in [0.5, 0.6) is 0 Å². The fourth-order valence-corrected chi connectivity index (χ4v) is 3.22. The van der Waals surface area contributed by atoms with Gasteiger partial charge in [-0.2, -0.15) is 0 Å². The predicted octanol–water partition coefficient (Wildman–Crippen LogP) is 2.66. The molecule has 132 valence electrons. The SMILES string of the molecule is Cc1noc(C)c1CCNC(=O)[C@H]1CCN(c2ccc(Cl)cc2)C1=O. The molecule has 1 N–H and O–H groups in total. The van der Waals surface area contributed by atoms with Crippen LogP contribution in [0.1, 0.15) is 23.4 Å². The van der Waals surface area contributed by atoms with Gasteiger partial charge in [0.1, 0.15) is 11.7 Å². The van der Waals surface area contributed by atoms with E-state index in [2.05, 4.69) is 10.5 Å². The van der Waals surface area contributed by atoms with Gasteiger partial charge in [0.15, 0.2) is 0 Å². The van der Waals surface area contributed by atoms with E-state index in [9.17, 15) is 9.59 Å². The van der Waals surface area contributed by atoms with Gasteiger partial charge in [0.2, 0.25) is 11.8 Å². The average molecular weight is 362 g/mol. The van der Waals surface area contributed by atoms with Crippen LogP contribution in [0, 0.1) is 19.8 Å². The van der Waals surface area contributed by atoms with Crippen molar-refractivity contribution in [3.05, 3.63) is 46.3 Å². The summed E-state index contributed by atoms with van der Waals surface area (Å²) in [6.45, 7) is 4.70. The second-order valence-electron chi connectivity index (χ2n) is 6.15. The summed E-state index contributed by atoms with van der Waals surface area (Å²) < 4.78 is 5.11. The summed E-state index contributed by atoms with van der Waals surface area (Å²) >= 11 is 5.88. The van der Waals surface area contributed by atoms with Crippen molar-refractivity contribution in [3.8, 4) is 0 Å². The molecule has 0 spiro atoms. The fourth-order valence-electron chi connectivity index (χ4n) is 3.09. The first-order valence-corrected chi connectivity index (χ1v) is 8.61. The smallest absolute Gasteiger partial charge is 0.239 e. The van der Waals surface area contributed by atoms with Crippen LogP contribution in [0.25, 0.3) is 0 Å². The molecule has 7 heteroatoms. The topological polar surface area (TPSA) is 75.4 Å². The predicted molar refractivity (Wildman–Crippen MR) is 94.6 cm³/mol. The molecule has 25 heavy (non-hydrogen) atoms. The molecule has 0 radical (unpaired) electrons. The number of rotatable bonds is 5. The average Bonchev–Trinajstić information content (AvgIpc) is 3.12. The van der Waals surface area contributed by atoms with Crippen molar-refractivity contribution in [2.45, 2.75) is 26.7 Å². The Balaban J connectivity index is 1.56. The Morgan fingerprint density at radius 1 is 1.36 bits per heavy atom. The molecular weight excluding hydrogens is 342 g/mol. The van der Waals surface area contributed by atoms with E-state index >= 15 is 0 Å². The van der Waals surface area contributed by atoms with E-state index in [-0.39, 0.29) is 11.8 Å². The fraction of sp³-hybridized carbons (Fsp3) is 0.389. The van der Waals surface area contributed by atoms with Gasteiger partial charge in [-0.05, 0) is 51.0 Å². The summed E-state index contributed by atoms with van der Waals surface area (Å²) in [6, 6.07) is 7.05. The molecule has 3 rings (SSSR count). The van der Waals surface area contributed by atoms with Crippen molar-refractivity contribution in [1.82, 2.24) is 10.5 Å². The number of nitrogens with zero attached hydrogens (tertiary/aromatic N) is 2. The largest absolute Gasteiger partial charge is 0.361 e. The number of aromatic nitrogens is 1. The van der Waals surface area contributed by atoms with Crippen LogP contribution in [-0.2, 0) is 16.0 Å². The Labute approximate surface area is 151 Å². The highest BCUT2D eigenvalue weighted by Crippen LogP contribution is 2.26. The van der Waals surface area contributed by atoms with Crippen LogP contribution in [-0.4, -0.2) is 30.1 Å². The maximum absolute atomic E-state index is 12.5. The quantitative estimate of drug-likeness (QED) is 0.831. The lowest BCUT2D eigenvalue weighted by atomic mass is 10.1. The van der Waals surface area contributed by atoms with E-state index in [1.165, 1.54) is 0 Å². The van der Waals surface area contributed by atoms with Gasteiger partial charge in [0.05, 0.1) is 5.69 Å². The van der Waals surface area contributed by atoms with E-state index in [0.717, 1.165) is 22.7 Å². The highest BCUT2D eigenvalue weighted by molar-refractivity contribution is 6.30. The number of amides is 2. The molecule has 0 aliphatic carbocycles. The monoisotopic (exact) mass is 361 g/mol. The number of hydrogen-bond donors (Lipinski definition) is 1. The van der Waals surface area contributed by atoms with E-state index in [1.807, 2.05) is 13.8 Å². The number of anilines is 1. The minimum absolute atomic E-state index is 0.169. The molecule has 1 fully saturated rings. The van der Waals surface area contributed by atoms with E-state index < -0.39 is 5.92 Å². The lowest BCUT2D eigenvalue weighted by Gasteiger charge is -2.16. The molecule has 2 amide bonds. The zero-order valence-corrected chi connectivity index (χ0v) is 15.0. The third-order valence-electron chi connectivity index (χ3n) is 4.52. The summed E-state index contributed by atoms with van der Waals surface area (Å²) in [6.07, 6.45) is 1.15. The van der Waals surface area contributed by atoms with Gasteiger partial charge < -0.3 is 14.7 Å². The van der Waals surface area contributed by atoms with Gasteiger partial charge in [-0.3, -0.25) is 9.59 Å². The van der Waals surface area contributed by atoms with Crippen molar-refractivity contribution in [3.63, 3.8) is 0 Å². The van der Waals surface area contributed by atoms with Crippen LogP contribution in [0.15, 0.2) is 28.8 Å². The first-order valence-electron chi connectivity index (χ1n) is 8.24. The van der Waals surface area contributed by atoms with Crippen molar-refractivity contribution in [1.29, 1.82) is 0 Å². The van der Waals surface area contributed by atoms with Crippen LogP contribution < -0.4 is 10.2 Å². The molecule has 0 unspecified atom stereocenters. The minimum atomic E-state index is -0.639. The van der Waals surface area contributed by atoms with Gasteiger partial charge in [-0.1, -0.05) is 16.8 Å². The molecular formula is C18H20ClN3O3. The Hall–Kier alpha value is -2.34. The van der Waals surface area contributed by atoms with Crippen molar-refractivity contribution < 1.29 is 14.1 Å². The van der Waals surface area contributed by atoms with Crippen molar-refractivity contribution in [2.24, 2.45) is 5.92 Å². The molecule has 1 atom stereocenters. The Kier molecular flexibility index (Phi) is 5.08. The molecule has 0 bridgehead atoms. The summed E-state index contributed by atoms with van der Waals surface area (Å²) in [5, 5.41) is 7.36. The van der Waals surface area contributed by atoms with Crippen LogP contribution >= 0.6 is 11.6 Å².